The number of aromatic nitrogens is 1. The molecule has 0 saturated carbocycles. The lowest BCUT2D eigenvalue weighted by molar-refractivity contribution is 0.182. The molecule has 0 spiro atoms. The number of hydrogen-bond acceptors (Lipinski definition) is 5. The lowest BCUT2D eigenvalue weighted by Crippen LogP contribution is -2.15. The Kier molecular flexibility index (Phi) is 4.37. The minimum atomic E-state index is 0.583. The van der Waals surface area contributed by atoms with Crippen molar-refractivity contribution < 1.29 is 4.74 Å². The zero-order valence-electron chi connectivity index (χ0n) is 8.93. The fourth-order valence-corrected chi connectivity index (χ4v) is 5.55. The van der Waals surface area contributed by atoms with E-state index in [0.717, 1.165) is 5.69 Å². The summed E-state index contributed by atoms with van der Waals surface area (Å²) in [5.74, 6) is 2.53. The Bertz CT molecular complexity index is 315. The first-order valence-electron chi connectivity index (χ1n) is 4.97. The molecule has 2 heterocycles. The van der Waals surface area contributed by atoms with E-state index >= 15 is 0 Å². The highest BCUT2D eigenvalue weighted by Crippen LogP contribution is 2.43. The number of nitrogens with zero attached hydrogens (tertiary/aromatic N) is 1. The molecule has 0 bridgehead atoms. The van der Waals surface area contributed by atoms with Crippen molar-refractivity contribution in [1.29, 1.82) is 0 Å². The highest BCUT2D eigenvalue weighted by molar-refractivity contribution is 8.06. The zero-order valence-corrected chi connectivity index (χ0v) is 11.4. The van der Waals surface area contributed by atoms with Gasteiger partial charge in [-0.25, -0.2) is 4.98 Å². The van der Waals surface area contributed by atoms with E-state index in [-0.39, 0.29) is 0 Å². The van der Waals surface area contributed by atoms with Crippen molar-refractivity contribution in [1.82, 2.24) is 4.98 Å². The molecular formula is C10H15NOS3. The fraction of sp³-hybridized carbons (Fsp3) is 0.700. The Hall–Kier alpha value is 0.290. The molecule has 2 nitrogen and oxygen atoms in total. The first-order chi connectivity index (χ1) is 7.31. The first kappa shape index (κ1) is 11.8. The highest BCUT2D eigenvalue weighted by atomic mass is 32.2. The molecule has 1 fully saturated rings. The number of ether oxygens (including phenoxy) is 1. The Labute approximate surface area is 103 Å². The molecule has 0 aromatic carbocycles. The van der Waals surface area contributed by atoms with E-state index in [4.69, 9.17) is 4.74 Å². The summed E-state index contributed by atoms with van der Waals surface area (Å²) in [7, 11) is 1.72. The third-order valence-electron chi connectivity index (χ3n) is 2.29. The van der Waals surface area contributed by atoms with Gasteiger partial charge in [-0.3, -0.25) is 0 Å². The quantitative estimate of drug-likeness (QED) is 0.833. The molecule has 0 amide bonds. The van der Waals surface area contributed by atoms with E-state index in [0.29, 0.717) is 17.1 Å². The average Bonchev–Trinajstić information content (AvgIpc) is 2.68. The summed E-state index contributed by atoms with van der Waals surface area (Å²) in [5, 5.41) is 4.65. The zero-order chi connectivity index (χ0) is 10.7. The van der Waals surface area contributed by atoms with Crippen LogP contribution in [0.5, 0.6) is 0 Å². The molecule has 2 atom stereocenters. The lowest BCUT2D eigenvalue weighted by Gasteiger charge is -2.25. The predicted molar refractivity (Wildman–Crippen MR) is 69.9 cm³/mol. The largest absolute Gasteiger partial charge is 0.378 e. The highest BCUT2D eigenvalue weighted by Gasteiger charge is 2.26. The summed E-state index contributed by atoms with van der Waals surface area (Å²) in [4.78, 5) is 4.63. The second-order valence-corrected chi connectivity index (χ2v) is 7.10. The van der Waals surface area contributed by atoms with Crippen LogP contribution >= 0.6 is 34.9 Å². The van der Waals surface area contributed by atoms with Gasteiger partial charge in [0.1, 0.15) is 5.01 Å². The molecule has 15 heavy (non-hydrogen) atoms. The Morgan fingerprint density at radius 1 is 1.47 bits per heavy atom. The average molecular weight is 261 g/mol. The van der Waals surface area contributed by atoms with Crippen LogP contribution < -0.4 is 0 Å². The van der Waals surface area contributed by atoms with E-state index in [2.05, 4.69) is 29.0 Å². The number of hydrogen-bond donors (Lipinski definition) is 0. The van der Waals surface area contributed by atoms with Gasteiger partial charge in [0.25, 0.3) is 0 Å². The maximum atomic E-state index is 5.09. The predicted octanol–water partition coefficient (Wildman–Crippen LogP) is 3.20. The van der Waals surface area contributed by atoms with Gasteiger partial charge >= 0.3 is 0 Å². The first-order valence-corrected chi connectivity index (χ1v) is 7.95. The minimum absolute atomic E-state index is 0.583. The van der Waals surface area contributed by atoms with Crippen LogP contribution in [0.4, 0.5) is 0 Å². The lowest BCUT2D eigenvalue weighted by atomic mass is 10.3. The van der Waals surface area contributed by atoms with Gasteiger partial charge in [0.05, 0.1) is 17.6 Å². The van der Waals surface area contributed by atoms with Gasteiger partial charge in [0.15, 0.2) is 0 Å². The van der Waals surface area contributed by atoms with Gasteiger partial charge in [-0.05, 0) is 0 Å². The molecule has 1 aliphatic rings. The summed E-state index contributed by atoms with van der Waals surface area (Å²) in [6, 6.07) is 0. The molecule has 5 heteroatoms. The van der Waals surface area contributed by atoms with Crippen molar-refractivity contribution in [2.75, 3.05) is 18.6 Å². The standard InChI is InChI=1S/C10H15NOS3/c1-7-9(14-4-3-13-7)10-11-8(5-12-2)6-15-10/h6-7,9H,3-5H2,1-2H3. The SMILES string of the molecule is COCc1csc(C2SCCSC2C)n1. The molecular weight excluding hydrogens is 246 g/mol. The van der Waals surface area contributed by atoms with Crippen molar-refractivity contribution in [2.45, 2.75) is 24.0 Å². The summed E-state index contributed by atoms with van der Waals surface area (Å²) in [6.45, 7) is 2.94. The van der Waals surface area contributed by atoms with Gasteiger partial charge in [-0.15, -0.1) is 23.1 Å². The molecule has 2 unspecified atom stereocenters. The molecule has 1 saturated heterocycles. The fourth-order valence-electron chi connectivity index (χ4n) is 1.57. The van der Waals surface area contributed by atoms with Crippen LogP contribution in [0.2, 0.25) is 0 Å². The van der Waals surface area contributed by atoms with Gasteiger partial charge < -0.3 is 4.74 Å². The topological polar surface area (TPSA) is 22.1 Å². The molecule has 1 aromatic heterocycles. The van der Waals surface area contributed by atoms with E-state index in [1.165, 1.54) is 16.5 Å². The maximum Gasteiger partial charge on any atom is 0.107 e. The molecule has 2 rings (SSSR count). The number of thiazole rings is 1. The molecule has 0 aliphatic carbocycles. The van der Waals surface area contributed by atoms with Crippen molar-refractivity contribution in [3.05, 3.63) is 16.1 Å². The third kappa shape index (κ3) is 2.90. The van der Waals surface area contributed by atoms with Crippen molar-refractivity contribution in [3.63, 3.8) is 0 Å². The van der Waals surface area contributed by atoms with Crippen molar-refractivity contribution in [3.8, 4) is 0 Å². The number of thioether (sulfide) groups is 2. The molecule has 1 aromatic rings. The van der Waals surface area contributed by atoms with Gasteiger partial charge in [0, 0.05) is 29.2 Å². The summed E-state index contributed by atoms with van der Waals surface area (Å²) >= 11 is 5.87. The number of methoxy groups -OCH3 is 1. The summed E-state index contributed by atoms with van der Waals surface area (Å²) in [5.41, 5.74) is 1.07. The van der Waals surface area contributed by atoms with Crippen LogP contribution in [-0.4, -0.2) is 28.8 Å². The Morgan fingerprint density at radius 2 is 2.27 bits per heavy atom. The van der Waals surface area contributed by atoms with Crippen LogP contribution in [0.1, 0.15) is 22.9 Å². The van der Waals surface area contributed by atoms with E-state index in [1.54, 1.807) is 18.4 Å². The van der Waals surface area contributed by atoms with E-state index < -0.39 is 0 Å². The minimum Gasteiger partial charge on any atom is -0.378 e. The van der Waals surface area contributed by atoms with Crippen LogP contribution in [-0.2, 0) is 11.3 Å². The second-order valence-electron chi connectivity index (χ2n) is 3.48. The molecule has 0 N–H and O–H groups in total. The monoisotopic (exact) mass is 261 g/mol. The second kappa shape index (κ2) is 5.57. The van der Waals surface area contributed by atoms with Gasteiger partial charge in [-0.2, -0.15) is 11.8 Å². The third-order valence-corrected chi connectivity index (χ3v) is 6.52. The Morgan fingerprint density at radius 3 is 3.00 bits per heavy atom. The van der Waals surface area contributed by atoms with Crippen LogP contribution in [0.25, 0.3) is 0 Å². The smallest absolute Gasteiger partial charge is 0.107 e. The molecule has 84 valence electrons. The van der Waals surface area contributed by atoms with Gasteiger partial charge in [0.2, 0.25) is 0 Å². The molecule has 1 aliphatic heterocycles. The molecule has 0 radical (unpaired) electrons. The van der Waals surface area contributed by atoms with Crippen LogP contribution in [0.15, 0.2) is 5.38 Å². The summed E-state index contributed by atoms with van der Waals surface area (Å²) < 4.78 is 5.09. The van der Waals surface area contributed by atoms with Crippen molar-refractivity contribution in [2.24, 2.45) is 0 Å². The van der Waals surface area contributed by atoms with Crippen LogP contribution in [0.3, 0.4) is 0 Å². The number of rotatable bonds is 3. The van der Waals surface area contributed by atoms with E-state index in [1.807, 2.05) is 11.8 Å². The van der Waals surface area contributed by atoms with Crippen molar-refractivity contribution >= 4 is 34.9 Å². The van der Waals surface area contributed by atoms with Gasteiger partial charge in [-0.1, -0.05) is 6.92 Å². The van der Waals surface area contributed by atoms with E-state index in [9.17, 15) is 0 Å². The normalized spacial score (nSPS) is 26.8. The van der Waals surface area contributed by atoms with Crippen LogP contribution in [0, 0.1) is 0 Å². The Balaban J connectivity index is 2.06. The maximum absolute atomic E-state index is 5.09. The summed E-state index contributed by atoms with van der Waals surface area (Å²) in [6.07, 6.45) is 0.